The Kier molecular flexibility index (Phi) is 4.92. The zero-order valence-electron chi connectivity index (χ0n) is 14.7. The van der Waals surface area contributed by atoms with Crippen molar-refractivity contribution in [2.24, 2.45) is 0 Å². The normalized spacial score (nSPS) is 17.7. The molecule has 0 aromatic heterocycles. The molecule has 2 aliphatic rings. The van der Waals surface area contributed by atoms with Gasteiger partial charge in [0.1, 0.15) is 5.75 Å². The topological polar surface area (TPSA) is 70.2 Å². The molecular weight excluding hydrogens is 322 g/mol. The smallest absolute Gasteiger partial charge is 0.230 e. The molecule has 7 nitrogen and oxygen atoms in total. The second-order valence-electron chi connectivity index (χ2n) is 6.42. The van der Waals surface area contributed by atoms with Crippen LogP contribution in [0.3, 0.4) is 0 Å². The van der Waals surface area contributed by atoms with Gasteiger partial charge in [0, 0.05) is 40.2 Å². The van der Waals surface area contributed by atoms with Crippen LogP contribution in [0.25, 0.3) is 0 Å². The molecule has 0 radical (unpaired) electrons. The summed E-state index contributed by atoms with van der Waals surface area (Å²) >= 11 is 0. The molecule has 1 saturated heterocycles. The van der Waals surface area contributed by atoms with Crippen molar-refractivity contribution in [1.29, 1.82) is 0 Å². The van der Waals surface area contributed by atoms with E-state index in [1.807, 2.05) is 18.2 Å². The summed E-state index contributed by atoms with van der Waals surface area (Å²) in [5.74, 6) is 0.749. The molecule has 2 aliphatic heterocycles. The number of ether oxygens (including phenoxy) is 1. The van der Waals surface area contributed by atoms with Gasteiger partial charge in [0.2, 0.25) is 17.7 Å². The standard InChI is InChI=1S/C18H23N3O4/c1-13(22)20-6-8-21(9-7-20)18(24)12-14-3-4-16-15(11-14)19(2)17(23)5-10-25-16/h3-4,11H,5-10,12H2,1-2H3. The Balaban J connectivity index is 1.67. The summed E-state index contributed by atoms with van der Waals surface area (Å²) in [6, 6.07) is 5.54. The SMILES string of the molecule is CC(=O)N1CCN(C(=O)Cc2ccc3c(c2)N(C)C(=O)CCO3)CC1. The second-order valence-corrected chi connectivity index (χ2v) is 6.42. The minimum absolute atomic E-state index is 0.00239. The van der Waals surface area contributed by atoms with Crippen molar-refractivity contribution in [3.63, 3.8) is 0 Å². The number of anilines is 1. The lowest BCUT2D eigenvalue weighted by Gasteiger charge is -2.34. The lowest BCUT2D eigenvalue weighted by molar-refractivity contribution is -0.138. The van der Waals surface area contributed by atoms with Crippen molar-refractivity contribution in [2.75, 3.05) is 44.7 Å². The molecular formula is C18H23N3O4. The quantitative estimate of drug-likeness (QED) is 0.790. The summed E-state index contributed by atoms with van der Waals surface area (Å²) in [7, 11) is 1.72. The van der Waals surface area contributed by atoms with Crippen molar-refractivity contribution in [3.05, 3.63) is 23.8 Å². The number of hydrogen-bond donors (Lipinski definition) is 0. The first-order chi connectivity index (χ1) is 12.0. The van der Waals surface area contributed by atoms with E-state index >= 15 is 0 Å². The van der Waals surface area contributed by atoms with Gasteiger partial charge >= 0.3 is 0 Å². The number of rotatable bonds is 2. The molecule has 0 spiro atoms. The monoisotopic (exact) mass is 345 g/mol. The van der Waals surface area contributed by atoms with Gasteiger partial charge in [-0.1, -0.05) is 6.07 Å². The van der Waals surface area contributed by atoms with Crippen molar-refractivity contribution in [1.82, 2.24) is 9.80 Å². The number of hydrogen-bond acceptors (Lipinski definition) is 4. The predicted octanol–water partition coefficient (Wildman–Crippen LogP) is 0.665. The van der Waals surface area contributed by atoms with E-state index in [-0.39, 0.29) is 24.1 Å². The molecule has 3 amide bonds. The third kappa shape index (κ3) is 3.75. The highest BCUT2D eigenvalue weighted by Gasteiger charge is 2.24. The van der Waals surface area contributed by atoms with Crippen LogP contribution >= 0.6 is 0 Å². The van der Waals surface area contributed by atoms with E-state index < -0.39 is 0 Å². The Labute approximate surface area is 147 Å². The van der Waals surface area contributed by atoms with E-state index in [0.717, 1.165) is 5.56 Å². The highest BCUT2D eigenvalue weighted by atomic mass is 16.5. The fraction of sp³-hybridized carbons (Fsp3) is 0.500. The van der Waals surface area contributed by atoms with E-state index in [2.05, 4.69) is 0 Å². The average Bonchev–Trinajstić information content (AvgIpc) is 2.74. The Morgan fingerprint density at radius 3 is 2.48 bits per heavy atom. The zero-order chi connectivity index (χ0) is 18.0. The molecule has 0 unspecified atom stereocenters. The summed E-state index contributed by atoms with van der Waals surface area (Å²) in [5.41, 5.74) is 1.55. The first kappa shape index (κ1) is 17.3. The summed E-state index contributed by atoms with van der Waals surface area (Å²) < 4.78 is 5.60. The van der Waals surface area contributed by atoms with Crippen LogP contribution in [0.5, 0.6) is 5.75 Å². The molecule has 134 valence electrons. The molecule has 1 aromatic carbocycles. The molecule has 0 aliphatic carbocycles. The number of carbonyl (C=O) groups excluding carboxylic acids is 3. The van der Waals surface area contributed by atoms with Crippen LogP contribution in [0.15, 0.2) is 18.2 Å². The van der Waals surface area contributed by atoms with Crippen molar-refractivity contribution in [2.45, 2.75) is 19.8 Å². The van der Waals surface area contributed by atoms with Crippen LogP contribution in [-0.2, 0) is 20.8 Å². The molecule has 0 bridgehead atoms. The number of carbonyl (C=O) groups is 3. The minimum atomic E-state index is 0.00239. The number of benzene rings is 1. The van der Waals surface area contributed by atoms with Crippen LogP contribution in [0.2, 0.25) is 0 Å². The third-order valence-corrected chi connectivity index (χ3v) is 4.77. The van der Waals surface area contributed by atoms with Crippen LogP contribution < -0.4 is 9.64 Å². The van der Waals surface area contributed by atoms with Crippen molar-refractivity contribution in [3.8, 4) is 5.75 Å². The molecule has 7 heteroatoms. The van der Waals surface area contributed by atoms with Gasteiger partial charge < -0.3 is 19.4 Å². The number of fused-ring (bicyclic) bond motifs is 1. The van der Waals surface area contributed by atoms with Gasteiger partial charge in [-0.2, -0.15) is 0 Å². The Morgan fingerprint density at radius 1 is 1.12 bits per heavy atom. The predicted molar refractivity (Wildman–Crippen MR) is 92.5 cm³/mol. The average molecular weight is 345 g/mol. The number of nitrogens with zero attached hydrogens (tertiary/aromatic N) is 3. The molecule has 0 N–H and O–H groups in total. The minimum Gasteiger partial charge on any atom is -0.491 e. The van der Waals surface area contributed by atoms with Gasteiger partial charge in [-0.15, -0.1) is 0 Å². The van der Waals surface area contributed by atoms with Gasteiger partial charge in [-0.3, -0.25) is 14.4 Å². The lowest BCUT2D eigenvalue weighted by Crippen LogP contribution is -2.50. The Bertz CT molecular complexity index is 696. The molecule has 1 aromatic rings. The van der Waals surface area contributed by atoms with E-state index in [1.165, 1.54) is 0 Å². The number of amides is 3. The van der Waals surface area contributed by atoms with E-state index in [0.29, 0.717) is 50.6 Å². The van der Waals surface area contributed by atoms with E-state index in [1.54, 1.807) is 28.7 Å². The Morgan fingerprint density at radius 2 is 1.80 bits per heavy atom. The van der Waals surface area contributed by atoms with Crippen LogP contribution in [0, 0.1) is 0 Å². The lowest BCUT2D eigenvalue weighted by atomic mass is 10.1. The molecule has 0 saturated carbocycles. The summed E-state index contributed by atoms with van der Waals surface area (Å²) in [6.45, 7) is 4.20. The van der Waals surface area contributed by atoms with Gasteiger partial charge in [-0.25, -0.2) is 0 Å². The molecule has 2 heterocycles. The van der Waals surface area contributed by atoms with Gasteiger partial charge in [0.25, 0.3) is 0 Å². The molecule has 1 fully saturated rings. The number of piperazine rings is 1. The maximum absolute atomic E-state index is 12.5. The van der Waals surface area contributed by atoms with E-state index in [4.69, 9.17) is 4.74 Å². The second kappa shape index (κ2) is 7.13. The summed E-state index contributed by atoms with van der Waals surface area (Å²) in [4.78, 5) is 41.0. The molecule has 25 heavy (non-hydrogen) atoms. The van der Waals surface area contributed by atoms with Crippen LogP contribution in [-0.4, -0.2) is 67.4 Å². The van der Waals surface area contributed by atoms with Gasteiger partial charge in [0.05, 0.1) is 25.1 Å². The first-order valence-electron chi connectivity index (χ1n) is 8.51. The van der Waals surface area contributed by atoms with E-state index in [9.17, 15) is 14.4 Å². The van der Waals surface area contributed by atoms with Gasteiger partial charge in [-0.05, 0) is 17.7 Å². The fourth-order valence-electron chi connectivity index (χ4n) is 3.16. The fourth-order valence-corrected chi connectivity index (χ4v) is 3.16. The maximum Gasteiger partial charge on any atom is 0.230 e. The molecule has 3 rings (SSSR count). The van der Waals surface area contributed by atoms with Gasteiger partial charge in [0.15, 0.2) is 0 Å². The Hall–Kier alpha value is -2.57. The first-order valence-corrected chi connectivity index (χ1v) is 8.51. The van der Waals surface area contributed by atoms with Crippen LogP contribution in [0.1, 0.15) is 18.9 Å². The van der Waals surface area contributed by atoms with Crippen LogP contribution in [0.4, 0.5) is 5.69 Å². The maximum atomic E-state index is 12.5. The zero-order valence-corrected chi connectivity index (χ0v) is 14.7. The van der Waals surface area contributed by atoms with Crippen molar-refractivity contribution < 1.29 is 19.1 Å². The highest BCUT2D eigenvalue weighted by Crippen LogP contribution is 2.31. The molecule has 0 atom stereocenters. The van der Waals surface area contributed by atoms with Crippen molar-refractivity contribution >= 4 is 23.4 Å². The highest BCUT2D eigenvalue weighted by molar-refractivity contribution is 5.95. The largest absolute Gasteiger partial charge is 0.491 e. The summed E-state index contributed by atoms with van der Waals surface area (Å²) in [5, 5.41) is 0. The third-order valence-electron chi connectivity index (χ3n) is 4.77. The summed E-state index contributed by atoms with van der Waals surface area (Å²) in [6.07, 6.45) is 0.620.